The van der Waals surface area contributed by atoms with E-state index in [1.165, 1.54) is 32.1 Å². The summed E-state index contributed by atoms with van der Waals surface area (Å²) in [7, 11) is 0. The van der Waals surface area contributed by atoms with Crippen molar-refractivity contribution < 1.29 is 9.47 Å². The van der Waals surface area contributed by atoms with Gasteiger partial charge in [0.25, 0.3) is 0 Å². The van der Waals surface area contributed by atoms with Crippen LogP contribution in [0.3, 0.4) is 0 Å². The van der Waals surface area contributed by atoms with Crippen LogP contribution < -0.4 is 0 Å². The first-order valence-corrected chi connectivity index (χ1v) is 5.13. The van der Waals surface area contributed by atoms with Gasteiger partial charge in [-0.15, -0.1) is 0 Å². The molecule has 0 saturated carbocycles. The van der Waals surface area contributed by atoms with Gasteiger partial charge in [0.05, 0.1) is 25.9 Å². The average molecular weight is 172 g/mol. The first kappa shape index (κ1) is 10.0. The van der Waals surface area contributed by atoms with Gasteiger partial charge in [-0.05, 0) is 6.42 Å². The lowest BCUT2D eigenvalue weighted by atomic mass is 10.1. The Labute approximate surface area is 75.2 Å². The maximum Gasteiger partial charge on any atom is 0.0810 e. The SMILES string of the molecule is C1CO1.CCCCCCC1CO1. The Morgan fingerprint density at radius 1 is 1.17 bits per heavy atom. The van der Waals surface area contributed by atoms with Gasteiger partial charge in [-0.1, -0.05) is 32.6 Å². The Kier molecular flexibility index (Phi) is 5.37. The predicted molar refractivity (Wildman–Crippen MR) is 49.3 cm³/mol. The number of unbranched alkanes of at least 4 members (excludes halogenated alkanes) is 3. The van der Waals surface area contributed by atoms with Crippen molar-refractivity contribution in [2.75, 3.05) is 19.8 Å². The van der Waals surface area contributed by atoms with Crippen molar-refractivity contribution in [3.63, 3.8) is 0 Å². The summed E-state index contributed by atoms with van der Waals surface area (Å²) in [4.78, 5) is 0. The fourth-order valence-electron chi connectivity index (χ4n) is 1.03. The summed E-state index contributed by atoms with van der Waals surface area (Å²) >= 11 is 0. The molecule has 2 aliphatic rings. The molecular formula is C10H20O2. The van der Waals surface area contributed by atoms with Gasteiger partial charge in [-0.2, -0.15) is 0 Å². The van der Waals surface area contributed by atoms with Crippen molar-refractivity contribution in [3.8, 4) is 0 Å². The summed E-state index contributed by atoms with van der Waals surface area (Å²) in [6.07, 6.45) is 7.47. The van der Waals surface area contributed by atoms with E-state index in [2.05, 4.69) is 11.7 Å². The van der Waals surface area contributed by atoms with Gasteiger partial charge in [-0.25, -0.2) is 0 Å². The molecule has 0 amide bonds. The number of epoxide rings is 2. The highest BCUT2D eigenvalue weighted by atomic mass is 16.6. The molecule has 1 atom stereocenters. The summed E-state index contributed by atoms with van der Waals surface area (Å²) in [5.41, 5.74) is 0. The average Bonchev–Trinajstić information content (AvgIpc) is 2.92. The lowest BCUT2D eigenvalue weighted by molar-refractivity contribution is 0.388. The van der Waals surface area contributed by atoms with Crippen molar-refractivity contribution >= 4 is 0 Å². The molecule has 0 aromatic carbocycles. The van der Waals surface area contributed by atoms with E-state index >= 15 is 0 Å². The Hall–Kier alpha value is -0.0800. The third kappa shape index (κ3) is 8.02. The third-order valence-corrected chi connectivity index (χ3v) is 1.99. The van der Waals surface area contributed by atoms with E-state index in [4.69, 9.17) is 4.74 Å². The molecule has 0 bridgehead atoms. The topological polar surface area (TPSA) is 25.1 Å². The Bertz CT molecular complexity index is 95.3. The van der Waals surface area contributed by atoms with Gasteiger partial charge in [0.2, 0.25) is 0 Å². The monoisotopic (exact) mass is 172 g/mol. The van der Waals surface area contributed by atoms with Crippen LogP contribution in [-0.2, 0) is 9.47 Å². The number of hydrogen-bond acceptors (Lipinski definition) is 2. The van der Waals surface area contributed by atoms with Crippen LogP contribution in [0.5, 0.6) is 0 Å². The van der Waals surface area contributed by atoms with Crippen LogP contribution in [0.25, 0.3) is 0 Å². The van der Waals surface area contributed by atoms with Crippen LogP contribution in [0.1, 0.15) is 39.0 Å². The first-order chi connectivity index (χ1) is 5.93. The van der Waals surface area contributed by atoms with E-state index in [0.717, 1.165) is 19.8 Å². The lowest BCUT2D eigenvalue weighted by Crippen LogP contribution is -1.84. The molecule has 0 aliphatic carbocycles. The van der Waals surface area contributed by atoms with E-state index in [1.807, 2.05) is 0 Å². The van der Waals surface area contributed by atoms with Gasteiger partial charge in [0, 0.05) is 0 Å². The van der Waals surface area contributed by atoms with Gasteiger partial charge in [0.15, 0.2) is 0 Å². The molecule has 2 saturated heterocycles. The van der Waals surface area contributed by atoms with Crippen molar-refractivity contribution in [2.24, 2.45) is 0 Å². The smallest absolute Gasteiger partial charge is 0.0810 e. The van der Waals surface area contributed by atoms with Crippen LogP contribution >= 0.6 is 0 Å². The van der Waals surface area contributed by atoms with Gasteiger partial charge < -0.3 is 9.47 Å². The molecule has 2 heteroatoms. The highest BCUT2D eigenvalue weighted by molar-refractivity contribution is 4.67. The van der Waals surface area contributed by atoms with Crippen LogP contribution in [0, 0.1) is 0 Å². The van der Waals surface area contributed by atoms with Crippen molar-refractivity contribution in [1.29, 1.82) is 0 Å². The van der Waals surface area contributed by atoms with Crippen molar-refractivity contribution in [1.82, 2.24) is 0 Å². The van der Waals surface area contributed by atoms with Crippen LogP contribution in [0.15, 0.2) is 0 Å². The number of ether oxygens (including phenoxy) is 2. The van der Waals surface area contributed by atoms with E-state index in [-0.39, 0.29) is 0 Å². The quantitative estimate of drug-likeness (QED) is 0.470. The molecule has 12 heavy (non-hydrogen) atoms. The molecule has 0 spiro atoms. The molecule has 2 rings (SSSR count). The molecule has 2 nitrogen and oxygen atoms in total. The zero-order chi connectivity index (χ0) is 8.65. The largest absolute Gasteiger partial charge is 0.377 e. The Morgan fingerprint density at radius 2 is 1.83 bits per heavy atom. The van der Waals surface area contributed by atoms with Crippen molar-refractivity contribution in [2.45, 2.75) is 45.1 Å². The second kappa shape index (κ2) is 6.44. The Balaban J connectivity index is 0.000000200. The van der Waals surface area contributed by atoms with Crippen LogP contribution in [0.2, 0.25) is 0 Å². The molecule has 0 aromatic rings. The molecule has 0 aromatic heterocycles. The van der Waals surface area contributed by atoms with E-state index in [0.29, 0.717) is 6.10 Å². The summed E-state index contributed by atoms with van der Waals surface area (Å²) in [6.45, 7) is 5.28. The minimum absolute atomic E-state index is 0.654. The number of rotatable bonds is 5. The summed E-state index contributed by atoms with van der Waals surface area (Å²) in [5, 5.41) is 0. The van der Waals surface area contributed by atoms with E-state index in [9.17, 15) is 0 Å². The second-order valence-electron chi connectivity index (χ2n) is 3.42. The fourth-order valence-corrected chi connectivity index (χ4v) is 1.03. The molecule has 0 N–H and O–H groups in total. The zero-order valence-electron chi connectivity index (χ0n) is 8.05. The van der Waals surface area contributed by atoms with Gasteiger partial charge >= 0.3 is 0 Å². The molecule has 2 heterocycles. The third-order valence-electron chi connectivity index (χ3n) is 1.99. The lowest BCUT2D eigenvalue weighted by Gasteiger charge is -1.93. The molecule has 2 fully saturated rings. The summed E-state index contributed by atoms with van der Waals surface area (Å²) in [6, 6.07) is 0. The minimum Gasteiger partial charge on any atom is -0.377 e. The highest BCUT2D eigenvalue weighted by Gasteiger charge is 2.20. The summed E-state index contributed by atoms with van der Waals surface area (Å²) < 4.78 is 9.59. The van der Waals surface area contributed by atoms with Crippen molar-refractivity contribution in [3.05, 3.63) is 0 Å². The molecule has 72 valence electrons. The second-order valence-corrected chi connectivity index (χ2v) is 3.42. The Morgan fingerprint density at radius 3 is 2.25 bits per heavy atom. The normalized spacial score (nSPS) is 24.2. The minimum atomic E-state index is 0.654. The zero-order valence-corrected chi connectivity index (χ0v) is 8.05. The molecule has 1 unspecified atom stereocenters. The van der Waals surface area contributed by atoms with Gasteiger partial charge in [-0.3, -0.25) is 0 Å². The van der Waals surface area contributed by atoms with E-state index < -0.39 is 0 Å². The van der Waals surface area contributed by atoms with Crippen LogP contribution in [0.4, 0.5) is 0 Å². The maximum absolute atomic E-state index is 5.09. The fraction of sp³-hybridized carbons (Fsp3) is 1.00. The van der Waals surface area contributed by atoms with Crippen LogP contribution in [-0.4, -0.2) is 25.9 Å². The van der Waals surface area contributed by atoms with Gasteiger partial charge in [0.1, 0.15) is 0 Å². The number of hydrogen-bond donors (Lipinski definition) is 0. The van der Waals surface area contributed by atoms with E-state index in [1.54, 1.807) is 0 Å². The highest BCUT2D eigenvalue weighted by Crippen LogP contribution is 2.17. The molecule has 0 radical (unpaired) electrons. The maximum atomic E-state index is 5.09. The summed E-state index contributed by atoms with van der Waals surface area (Å²) in [5.74, 6) is 0. The molecular weight excluding hydrogens is 152 g/mol. The predicted octanol–water partition coefficient (Wildman–Crippen LogP) is 2.37. The standard InChI is InChI=1S/C8H16O.C2H4O/c1-2-3-4-5-6-8-7-9-8;1-2-3-1/h8H,2-7H2,1H3;1-2H2. The molecule has 2 aliphatic heterocycles. The first-order valence-electron chi connectivity index (χ1n) is 5.13.